The zero-order valence-corrected chi connectivity index (χ0v) is 14.7. The maximum absolute atomic E-state index is 5.44. The van der Waals surface area contributed by atoms with E-state index in [1.807, 2.05) is 12.3 Å². The molecule has 2 aromatic rings. The molecule has 4 rings (SSSR count). The predicted molar refractivity (Wildman–Crippen MR) is 99.8 cm³/mol. The number of ether oxygens (including phenoxy) is 2. The van der Waals surface area contributed by atoms with Gasteiger partial charge in [-0.1, -0.05) is 24.3 Å². The van der Waals surface area contributed by atoms with Gasteiger partial charge in [0, 0.05) is 37.5 Å². The normalized spacial score (nSPS) is 17.2. The summed E-state index contributed by atoms with van der Waals surface area (Å²) in [6, 6.07) is 10.6. The number of morpholine rings is 1. The molecular weight excluding hydrogens is 312 g/mol. The number of pyridine rings is 1. The molecule has 0 radical (unpaired) electrons. The van der Waals surface area contributed by atoms with Crippen LogP contribution >= 0.6 is 0 Å². The summed E-state index contributed by atoms with van der Waals surface area (Å²) in [6.45, 7) is 4.95. The highest BCUT2D eigenvalue weighted by Gasteiger charge is 2.19. The molecule has 0 bridgehead atoms. The van der Waals surface area contributed by atoms with Crippen molar-refractivity contribution in [2.75, 3.05) is 40.0 Å². The van der Waals surface area contributed by atoms with E-state index in [-0.39, 0.29) is 0 Å². The molecule has 1 fully saturated rings. The van der Waals surface area contributed by atoms with E-state index in [1.54, 1.807) is 7.11 Å². The molecule has 1 aliphatic heterocycles. The Labute approximate surface area is 149 Å². The molecular formula is C21H24N2O2. The van der Waals surface area contributed by atoms with E-state index in [0.29, 0.717) is 5.88 Å². The van der Waals surface area contributed by atoms with Crippen molar-refractivity contribution in [2.45, 2.75) is 12.8 Å². The Bertz CT molecular complexity index is 762. The van der Waals surface area contributed by atoms with Crippen LogP contribution < -0.4 is 4.74 Å². The number of hydrogen-bond donors (Lipinski definition) is 0. The number of hydrogen-bond acceptors (Lipinski definition) is 4. The summed E-state index contributed by atoms with van der Waals surface area (Å²) in [5, 5.41) is 0. The molecule has 0 saturated carbocycles. The fraction of sp³-hybridized carbons (Fsp3) is 0.381. The van der Waals surface area contributed by atoms with Crippen molar-refractivity contribution in [2.24, 2.45) is 0 Å². The first-order valence-corrected chi connectivity index (χ1v) is 8.97. The van der Waals surface area contributed by atoms with Gasteiger partial charge in [0.2, 0.25) is 5.88 Å². The topological polar surface area (TPSA) is 34.6 Å². The van der Waals surface area contributed by atoms with Crippen LogP contribution in [0.4, 0.5) is 0 Å². The van der Waals surface area contributed by atoms with Crippen molar-refractivity contribution in [1.82, 2.24) is 9.88 Å². The number of fused-ring (bicyclic) bond motifs is 1. The average molecular weight is 336 g/mol. The second kappa shape index (κ2) is 7.38. The number of benzene rings is 1. The molecule has 2 heterocycles. The summed E-state index contributed by atoms with van der Waals surface area (Å²) in [6.07, 6.45) is 6.42. The van der Waals surface area contributed by atoms with Crippen molar-refractivity contribution >= 4 is 5.57 Å². The van der Waals surface area contributed by atoms with Crippen LogP contribution in [0, 0.1) is 0 Å². The highest BCUT2D eigenvalue weighted by Crippen LogP contribution is 2.36. The quantitative estimate of drug-likeness (QED) is 0.838. The van der Waals surface area contributed by atoms with Gasteiger partial charge in [-0.25, -0.2) is 4.98 Å². The molecule has 4 heteroatoms. The highest BCUT2D eigenvalue weighted by atomic mass is 16.5. The average Bonchev–Trinajstić information content (AvgIpc) is 3.10. The van der Waals surface area contributed by atoms with Crippen LogP contribution in [0.2, 0.25) is 0 Å². The fourth-order valence-corrected chi connectivity index (χ4v) is 3.71. The Morgan fingerprint density at radius 2 is 1.96 bits per heavy atom. The fourth-order valence-electron chi connectivity index (χ4n) is 3.71. The van der Waals surface area contributed by atoms with Gasteiger partial charge in [-0.3, -0.25) is 4.90 Å². The van der Waals surface area contributed by atoms with E-state index in [2.05, 4.69) is 40.2 Å². The first-order valence-electron chi connectivity index (χ1n) is 8.97. The van der Waals surface area contributed by atoms with E-state index in [9.17, 15) is 0 Å². The third-order valence-corrected chi connectivity index (χ3v) is 5.13. The van der Waals surface area contributed by atoms with Crippen molar-refractivity contribution in [1.29, 1.82) is 0 Å². The minimum absolute atomic E-state index is 0.653. The molecule has 1 aromatic carbocycles. The lowest BCUT2D eigenvalue weighted by molar-refractivity contribution is 0.0390. The molecule has 1 saturated heterocycles. The molecule has 4 nitrogen and oxygen atoms in total. The Morgan fingerprint density at radius 3 is 2.72 bits per heavy atom. The van der Waals surface area contributed by atoms with E-state index in [0.717, 1.165) is 51.3 Å². The van der Waals surface area contributed by atoms with Crippen molar-refractivity contribution < 1.29 is 9.47 Å². The first kappa shape index (κ1) is 16.3. The zero-order chi connectivity index (χ0) is 17.1. The van der Waals surface area contributed by atoms with Crippen molar-refractivity contribution in [3.05, 3.63) is 53.7 Å². The lowest BCUT2D eigenvalue weighted by atomic mass is 9.95. The van der Waals surface area contributed by atoms with Crippen LogP contribution in [0.25, 0.3) is 16.7 Å². The highest BCUT2D eigenvalue weighted by molar-refractivity contribution is 5.81. The Hall–Kier alpha value is -2.17. The molecule has 0 atom stereocenters. The molecule has 130 valence electrons. The van der Waals surface area contributed by atoms with Crippen LogP contribution in [0.3, 0.4) is 0 Å². The number of allylic oxidation sites excluding steroid dienone is 1. The minimum atomic E-state index is 0.653. The second-order valence-electron chi connectivity index (χ2n) is 6.56. The van der Waals surface area contributed by atoms with Gasteiger partial charge in [0.1, 0.15) is 0 Å². The molecule has 2 aliphatic rings. The molecule has 0 spiro atoms. The number of aromatic nitrogens is 1. The van der Waals surface area contributed by atoms with Gasteiger partial charge in [0.15, 0.2) is 0 Å². The van der Waals surface area contributed by atoms with Crippen LogP contribution in [-0.2, 0) is 11.2 Å². The summed E-state index contributed by atoms with van der Waals surface area (Å²) in [5.41, 5.74) is 6.74. The summed E-state index contributed by atoms with van der Waals surface area (Å²) in [5.74, 6) is 0.653. The van der Waals surface area contributed by atoms with Crippen LogP contribution in [0.5, 0.6) is 5.88 Å². The Morgan fingerprint density at radius 1 is 1.12 bits per heavy atom. The zero-order valence-electron chi connectivity index (χ0n) is 14.7. The Balaban J connectivity index is 1.51. The van der Waals surface area contributed by atoms with Crippen LogP contribution in [0.1, 0.15) is 17.5 Å². The maximum atomic E-state index is 5.44. The summed E-state index contributed by atoms with van der Waals surface area (Å²) >= 11 is 0. The van der Waals surface area contributed by atoms with Crippen molar-refractivity contribution in [3.8, 4) is 17.0 Å². The van der Waals surface area contributed by atoms with Gasteiger partial charge in [-0.2, -0.15) is 0 Å². The summed E-state index contributed by atoms with van der Waals surface area (Å²) < 4.78 is 10.6. The van der Waals surface area contributed by atoms with Gasteiger partial charge in [0.05, 0.1) is 20.3 Å². The number of rotatable bonds is 5. The minimum Gasteiger partial charge on any atom is -0.481 e. The number of nitrogens with zero attached hydrogens (tertiary/aromatic N) is 2. The molecule has 0 unspecified atom stereocenters. The van der Waals surface area contributed by atoms with Gasteiger partial charge in [0.25, 0.3) is 0 Å². The van der Waals surface area contributed by atoms with Crippen LogP contribution in [0.15, 0.2) is 42.6 Å². The Kier molecular flexibility index (Phi) is 4.81. The number of methoxy groups -OCH3 is 1. The molecule has 0 N–H and O–H groups in total. The monoisotopic (exact) mass is 336 g/mol. The van der Waals surface area contributed by atoms with E-state index in [1.165, 1.54) is 22.3 Å². The van der Waals surface area contributed by atoms with Crippen LogP contribution in [-0.4, -0.2) is 49.8 Å². The third-order valence-electron chi connectivity index (χ3n) is 5.13. The first-order chi connectivity index (χ1) is 12.3. The lowest BCUT2D eigenvalue weighted by Crippen LogP contribution is -2.36. The molecule has 1 aliphatic carbocycles. The lowest BCUT2D eigenvalue weighted by Gasteiger charge is -2.26. The van der Waals surface area contributed by atoms with E-state index < -0.39 is 0 Å². The van der Waals surface area contributed by atoms with Gasteiger partial charge in [-0.15, -0.1) is 0 Å². The third kappa shape index (κ3) is 3.46. The predicted octanol–water partition coefficient (Wildman–Crippen LogP) is 3.42. The summed E-state index contributed by atoms with van der Waals surface area (Å²) in [4.78, 5) is 6.86. The van der Waals surface area contributed by atoms with Crippen molar-refractivity contribution in [3.63, 3.8) is 0 Å². The van der Waals surface area contributed by atoms with Gasteiger partial charge in [-0.05, 0) is 41.2 Å². The van der Waals surface area contributed by atoms with E-state index in [4.69, 9.17) is 9.47 Å². The smallest absolute Gasteiger partial charge is 0.212 e. The summed E-state index contributed by atoms with van der Waals surface area (Å²) in [7, 11) is 1.65. The molecule has 25 heavy (non-hydrogen) atoms. The largest absolute Gasteiger partial charge is 0.481 e. The maximum Gasteiger partial charge on any atom is 0.212 e. The van der Waals surface area contributed by atoms with Gasteiger partial charge >= 0.3 is 0 Å². The standard InChI is InChI=1S/C21H24N2O2/c1-24-21-8-6-17(15-22-21)19-4-2-3-18-16(5-7-20(18)19)9-10-23-11-13-25-14-12-23/h2-6,8,15H,7,9-14H2,1H3. The molecule has 0 amide bonds. The van der Waals surface area contributed by atoms with E-state index >= 15 is 0 Å². The SMILES string of the molecule is COc1ccc(-c2cccc3c2CC=C3CCN2CCOCC2)cn1. The molecule has 1 aromatic heterocycles. The second-order valence-corrected chi connectivity index (χ2v) is 6.56. The van der Waals surface area contributed by atoms with Gasteiger partial charge < -0.3 is 9.47 Å².